The molecule has 3 aromatic rings. The maximum absolute atomic E-state index is 4.50. The van der Waals surface area contributed by atoms with Crippen LogP contribution in [0, 0.1) is 0 Å². The van der Waals surface area contributed by atoms with Crippen LogP contribution in [0.25, 0.3) is 21.0 Å². The molecule has 68 valence electrons. The summed E-state index contributed by atoms with van der Waals surface area (Å²) < 4.78 is 1.38. The second-order valence-corrected chi connectivity index (χ2v) is 5.19. The third kappa shape index (κ3) is 0.976. The molecule has 0 amide bonds. The predicted molar refractivity (Wildman–Crippen MR) is 62.7 cm³/mol. The van der Waals surface area contributed by atoms with Gasteiger partial charge >= 0.3 is 0 Å². The van der Waals surface area contributed by atoms with Gasteiger partial charge < -0.3 is 0 Å². The van der Waals surface area contributed by atoms with Crippen molar-refractivity contribution in [3.05, 3.63) is 41.9 Å². The summed E-state index contributed by atoms with van der Waals surface area (Å²) in [6.07, 6.45) is 2.21. The van der Waals surface area contributed by atoms with E-state index in [1.807, 2.05) is 0 Å². The molecule has 0 aliphatic heterocycles. The average Bonchev–Trinajstić information content (AvgIpc) is 2.61. The SMILES string of the molecule is C[s+]1cnc2c3ccccc3ccc21. The number of hydrogen-bond donors (Lipinski definition) is 0. The van der Waals surface area contributed by atoms with Gasteiger partial charge in [0, 0.05) is 21.9 Å². The first-order valence-corrected chi connectivity index (χ1v) is 6.26. The lowest BCUT2D eigenvalue weighted by Gasteiger charge is -1.94. The Morgan fingerprint density at radius 1 is 1.07 bits per heavy atom. The van der Waals surface area contributed by atoms with Gasteiger partial charge in [0.05, 0.1) is 0 Å². The van der Waals surface area contributed by atoms with Crippen LogP contribution in [0.5, 0.6) is 0 Å². The third-order valence-corrected chi connectivity index (χ3v) is 4.00. The Morgan fingerprint density at radius 3 is 2.86 bits per heavy atom. The molecule has 1 nitrogen and oxygen atoms in total. The molecule has 0 bridgehead atoms. The molecule has 1 unspecified atom stereocenters. The van der Waals surface area contributed by atoms with Crippen molar-refractivity contribution in [2.75, 3.05) is 0 Å². The Morgan fingerprint density at radius 2 is 1.93 bits per heavy atom. The van der Waals surface area contributed by atoms with Crippen LogP contribution in [0.15, 0.2) is 41.9 Å². The van der Waals surface area contributed by atoms with E-state index in [9.17, 15) is 0 Å². The molecule has 0 saturated carbocycles. The summed E-state index contributed by atoms with van der Waals surface area (Å²) in [6, 6.07) is 12.8. The van der Waals surface area contributed by atoms with Crippen LogP contribution in [0.3, 0.4) is 0 Å². The smallest absolute Gasteiger partial charge is 0.199 e. The Kier molecular flexibility index (Phi) is 1.58. The molecule has 3 rings (SSSR count). The fourth-order valence-electron chi connectivity index (χ4n) is 1.82. The van der Waals surface area contributed by atoms with Crippen molar-refractivity contribution in [1.29, 1.82) is 0 Å². The van der Waals surface area contributed by atoms with Gasteiger partial charge in [-0.3, -0.25) is 0 Å². The molecule has 0 saturated heterocycles. The largest absolute Gasteiger partial charge is 0.230 e. The summed E-state index contributed by atoms with van der Waals surface area (Å²) in [6.45, 7) is 0. The van der Waals surface area contributed by atoms with Gasteiger partial charge in [-0.2, -0.15) is 4.98 Å². The maximum atomic E-state index is 4.50. The van der Waals surface area contributed by atoms with Crippen molar-refractivity contribution in [2.45, 2.75) is 0 Å². The van der Waals surface area contributed by atoms with Crippen molar-refractivity contribution in [3.8, 4) is 0 Å². The Bertz CT molecular complexity index is 610. The number of hydrogen-bond acceptors (Lipinski definition) is 1. The highest BCUT2D eigenvalue weighted by molar-refractivity contribution is 7.34. The molecule has 2 aromatic carbocycles. The number of rotatable bonds is 0. The van der Waals surface area contributed by atoms with Crippen LogP contribution in [-0.4, -0.2) is 4.98 Å². The monoisotopic (exact) mass is 200 g/mol. The Labute approximate surface area is 85.0 Å². The number of aromatic nitrogens is 1. The number of aryl methyl sites for hydroxylation is 1. The molecule has 1 aromatic heterocycles. The zero-order valence-electron chi connectivity index (χ0n) is 7.90. The standard InChI is InChI=1S/C12H10NS/c1-14-8-13-12-10-5-3-2-4-9(10)6-7-11(12)14/h2-8H,1H3/q+1. The van der Waals surface area contributed by atoms with Crippen LogP contribution in [0.1, 0.15) is 0 Å². The topological polar surface area (TPSA) is 12.9 Å². The molecule has 14 heavy (non-hydrogen) atoms. The molecule has 0 radical (unpaired) electrons. The van der Waals surface area contributed by atoms with Gasteiger partial charge in [0.2, 0.25) is 10.2 Å². The van der Waals surface area contributed by atoms with E-state index in [1.165, 1.54) is 21.0 Å². The second kappa shape index (κ2) is 2.79. The van der Waals surface area contributed by atoms with E-state index in [1.54, 1.807) is 0 Å². The van der Waals surface area contributed by atoms with Gasteiger partial charge in [0.25, 0.3) is 0 Å². The van der Waals surface area contributed by atoms with Gasteiger partial charge in [0.1, 0.15) is 11.8 Å². The summed E-state index contributed by atoms with van der Waals surface area (Å²) in [7, 11) is 0.205. The fourth-order valence-corrected chi connectivity index (χ4v) is 2.94. The highest BCUT2D eigenvalue weighted by atomic mass is 32.2. The molecule has 1 heterocycles. The van der Waals surface area contributed by atoms with Crippen LogP contribution < -0.4 is 0 Å². The lowest BCUT2D eigenvalue weighted by Crippen LogP contribution is -1.73. The predicted octanol–water partition coefficient (Wildman–Crippen LogP) is 3.67. The number of nitrogens with zero attached hydrogens (tertiary/aromatic N) is 1. The van der Waals surface area contributed by atoms with E-state index in [-0.39, 0.29) is 10.5 Å². The Hall–Kier alpha value is -1.41. The normalized spacial score (nSPS) is 12.5. The minimum absolute atomic E-state index is 0.205. The highest BCUT2D eigenvalue weighted by Gasteiger charge is 2.10. The van der Waals surface area contributed by atoms with Crippen LogP contribution in [0.2, 0.25) is 0 Å². The Balaban J connectivity index is 2.61. The minimum atomic E-state index is 0.205. The quantitative estimate of drug-likeness (QED) is 0.504. The number of fused-ring (bicyclic) bond motifs is 3. The summed E-state index contributed by atoms with van der Waals surface area (Å²) in [5.74, 6) is 0. The summed E-state index contributed by atoms with van der Waals surface area (Å²) in [5, 5.41) is 2.56. The average molecular weight is 200 g/mol. The summed E-state index contributed by atoms with van der Waals surface area (Å²) in [5.41, 5.74) is 3.23. The van der Waals surface area contributed by atoms with E-state index in [0.29, 0.717) is 0 Å². The summed E-state index contributed by atoms with van der Waals surface area (Å²) >= 11 is 0. The molecular weight excluding hydrogens is 190 g/mol. The highest BCUT2D eigenvalue weighted by Crippen LogP contribution is 2.31. The molecule has 1 atom stereocenters. The zero-order valence-corrected chi connectivity index (χ0v) is 8.71. The summed E-state index contributed by atoms with van der Waals surface area (Å²) in [4.78, 5) is 4.50. The molecular formula is C12H10NS+. The van der Waals surface area contributed by atoms with E-state index < -0.39 is 0 Å². The second-order valence-electron chi connectivity index (χ2n) is 3.43. The lowest BCUT2D eigenvalue weighted by atomic mass is 10.1. The molecule has 0 aliphatic rings. The van der Waals surface area contributed by atoms with E-state index in [2.05, 4.69) is 53.1 Å². The third-order valence-electron chi connectivity index (χ3n) is 2.55. The van der Waals surface area contributed by atoms with Crippen molar-refractivity contribution in [3.63, 3.8) is 0 Å². The first-order valence-electron chi connectivity index (χ1n) is 4.57. The van der Waals surface area contributed by atoms with E-state index >= 15 is 0 Å². The maximum Gasteiger partial charge on any atom is 0.230 e. The van der Waals surface area contributed by atoms with E-state index in [0.717, 1.165) is 0 Å². The van der Waals surface area contributed by atoms with Crippen molar-refractivity contribution < 1.29 is 0 Å². The van der Waals surface area contributed by atoms with Gasteiger partial charge in [-0.15, -0.1) is 0 Å². The zero-order chi connectivity index (χ0) is 9.54. The fraction of sp³-hybridized carbons (Fsp3) is 0.0833. The number of benzene rings is 2. The first-order chi connectivity index (χ1) is 6.86. The van der Waals surface area contributed by atoms with Gasteiger partial charge in [-0.1, -0.05) is 24.3 Å². The van der Waals surface area contributed by atoms with Gasteiger partial charge in [-0.25, -0.2) is 0 Å². The van der Waals surface area contributed by atoms with E-state index in [4.69, 9.17) is 0 Å². The van der Waals surface area contributed by atoms with Crippen molar-refractivity contribution in [1.82, 2.24) is 4.98 Å². The van der Waals surface area contributed by atoms with Gasteiger partial charge in [0.15, 0.2) is 0 Å². The van der Waals surface area contributed by atoms with Crippen molar-refractivity contribution >= 4 is 31.5 Å². The van der Waals surface area contributed by atoms with Crippen LogP contribution in [-0.2, 0) is 6.26 Å². The van der Waals surface area contributed by atoms with Crippen LogP contribution >= 0.6 is 10.5 Å². The molecule has 0 fully saturated rings. The van der Waals surface area contributed by atoms with Crippen molar-refractivity contribution in [2.24, 2.45) is 6.26 Å². The minimum Gasteiger partial charge on any atom is -0.199 e. The van der Waals surface area contributed by atoms with Crippen LogP contribution in [0.4, 0.5) is 0 Å². The number of thiazole rings is 1. The first kappa shape index (κ1) is 7.94. The molecule has 0 N–H and O–H groups in total. The van der Waals surface area contributed by atoms with Gasteiger partial charge in [-0.05, 0) is 11.5 Å². The molecule has 0 spiro atoms. The molecule has 0 aliphatic carbocycles. The molecule has 2 heteroatoms. The lowest BCUT2D eigenvalue weighted by molar-refractivity contribution is 1.51.